The molecule has 0 bridgehead atoms. The van der Waals surface area contributed by atoms with Crippen LogP contribution >= 0.6 is 0 Å². The highest BCUT2D eigenvalue weighted by Crippen LogP contribution is 2.12. The van der Waals surface area contributed by atoms with Crippen molar-refractivity contribution >= 4 is 12.0 Å². The molecule has 1 rings (SSSR count). The molecule has 0 saturated carbocycles. The zero-order chi connectivity index (χ0) is 14.1. The molecule has 1 aromatic carbocycles. The first-order valence-corrected chi connectivity index (χ1v) is 5.37. The van der Waals surface area contributed by atoms with E-state index in [1.807, 2.05) is 24.3 Å². The van der Waals surface area contributed by atoms with E-state index in [0.29, 0.717) is 0 Å². The first-order chi connectivity index (χ1) is 9.21. The van der Waals surface area contributed by atoms with E-state index in [4.69, 9.17) is 10.3 Å². The maximum atomic E-state index is 11.2. The summed E-state index contributed by atoms with van der Waals surface area (Å²) < 4.78 is 9.51. The monoisotopic (exact) mass is 259 g/mol. The van der Waals surface area contributed by atoms with Gasteiger partial charge in [0.1, 0.15) is 11.4 Å². The third-order valence-corrected chi connectivity index (χ3v) is 2.21. The van der Waals surface area contributed by atoms with E-state index in [0.717, 1.165) is 11.3 Å². The normalized spacial score (nSPS) is 10.9. The highest BCUT2D eigenvalue weighted by atomic mass is 16.5. The summed E-state index contributed by atoms with van der Waals surface area (Å²) in [5.41, 5.74) is 9.14. The average molecular weight is 259 g/mol. The van der Waals surface area contributed by atoms with Crippen LogP contribution in [-0.2, 0) is 9.53 Å². The van der Waals surface area contributed by atoms with Gasteiger partial charge in [0.25, 0.3) is 0 Å². The highest BCUT2D eigenvalue weighted by Gasteiger charge is 2.04. The van der Waals surface area contributed by atoms with E-state index in [1.165, 1.54) is 13.2 Å². The summed E-state index contributed by atoms with van der Waals surface area (Å²) in [5, 5.41) is 3.25. The first kappa shape index (κ1) is 14.3. The Morgan fingerprint density at radius 3 is 2.53 bits per heavy atom. The molecule has 1 aromatic rings. The zero-order valence-electron chi connectivity index (χ0n) is 10.6. The van der Waals surface area contributed by atoms with E-state index >= 15 is 0 Å². The summed E-state index contributed by atoms with van der Waals surface area (Å²) in [6.45, 7) is 0. The largest absolute Gasteiger partial charge is 0.497 e. The van der Waals surface area contributed by atoms with Crippen LogP contribution in [0.4, 0.5) is 0 Å². The van der Waals surface area contributed by atoms with Crippen LogP contribution in [0.1, 0.15) is 5.56 Å². The fourth-order valence-corrected chi connectivity index (χ4v) is 1.26. The van der Waals surface area contributed by atoms with Crippen LogP contribution in [0.25, 0.3) is 16.5 Å². The number of methoxy groups -OCH3 is 2. The number of allylic oxidation sites excluding steroid dienone is 2. The lowest BCUT2D eigenvalue weighted by molar-refractivity contribution is -0.136. The topological polar surface area (TPSA) is 84.3 Å². The number of ether oxygens (including phenoxy) is 2. The second-order valence-corrected chi connectivity index (χ2v) is 3.37. The molecular formula is C13H13N3O3. The maximum Gasteiger partial charge on any atom is 0.340 e. The van der Waals surface area contributed by atoms with Gasteiger partial charge in [0.2, 0.25) is 0 Å². The molecule has 0 atom stereocenters. The quantitative estimate of drug-likeness (QED) is 0.203. The van der Waals surface area contributed by atoms with Gasteiger partial charge in [-0.1, -0.05) is 29.4 Å². The second kappa shape index (κ2) is 7.58. The lowest BCUT2D eigenvalue weighted by Gasteiger charge is -1.98. The van der Waals surface area contributed by atoms with Crippen molar-refractivity contribution in [2.75, 3.05) is 14.2 Å². The number of esters is 1. The number of hydrogen-bond donors (Lipinski definition) is 0. The van der Waals surface area contributed by atoms with E-state index in [-0.39, 0.29) is 5.70 Å². The Hall–Kier alpha value is -2.72. The van der Waals surface area contributed by atoms with Gasteiger partial charge in [-0.15, -0.1) is 0 Å². The number of carbonyl (C=O) groups is 1. The molecule has 0 amide bonds. The molecule has 0 N–H and O–H groups in total. The molecule has 0 fully saturated rings. The molecule has 6 nitrogen and oxygen atoms in total. The van der Waals surface area contributed by atoms with Crippen LogP contribution in [0.2, 0.25) is 0 Å². The van der Waals surface area contributed by atoms with Crippen LogP contribution < -0.4 is 4.74 Å². The Labute approximate surface area is 110 Å². The molecule has 0 aliphatic rings. The fraction of sp³-hybridized carbons (Fsp3) is 0.154. The third kappa shape index (κ3) is 4.57. The lowest BCUT2D eigenvalue weighted by atomic mass is 10.2. The summed E-state index contributed by atoms with van der Waals surface area (Å²) in [7, 11) is 2.81. The van der Waals surface area contributed by atoms with Crippen molar-refractivity contribution in [1.29, 1.82) is 0 Å². The van der Waals surface area contributed by atoms with Gasteiger partial charge in [-0.2, -0.15) is 0 Å². The smallest absolute Gasteiger partial charge is 0.340 e. The van der Waals surface area contributed by atoms with Gasteiger partial charge in [0.15, 0.2) is 0 Å². The molecule has 0 spiro atoms. The minimum absolute atomic E-state index is 0.102. The maximum absolute atomic E-state index is 11.2. The van der Waals surface area contributed by atoms with E-state index < -0.39 is 5.97 Å². The summed E-state index contributed by atoms with van der Waals surface area (Å²) in [4.78, 5) is 13.8. The Balaban J connectivity index is 2.83. The predicted molar refractivity (Wildman–Crippen MR) is 71.3 cm³/mol. The summed E-state index contributed by atoms with van der Waals surface area (Å²) >= 11 is 0. The first-order valence-electron chi connectivity index (χ1n) is 5.37. The molecule has 0 radical (unpaired) electrons. The zero-order valence-corrected chi connectivity index (χ0v) is 10.6. The summed E-state index contributed by atoms with van der Waals surface area (Å²) in [5.74, 6) is 0.0780. The van der Waals surface area contributed by atoms with Crippen molar-refractivity contribution in [3.05, 3.63) is 58.1 Å². The van der Waals surface area contributed by atoms with Crippen LogP contribution in [-0.4, -0.2) is 20.2 Å². The molecule has 0 heterocycles. The molecule has 0 aliphatic carbocycles. The Kier molecular flexibility index (Phi) is 5.72. The number of azide groups is 1. The van der Waals surface area contributed by atoms with E-state index in [1.54, 1.807) is 19.3 Å². The summed E-state index contributed by atoms with van der Waals surface area (Å²) in [6.07, 6.45) is 4.74. The van der Waals surface area contributed by atoms with Crippen LogP contribution in [0.3, 0.4) is 0 Å². The minimum atomic E-state index is -0.683. The van der Waals surface area contributed by atoms with Crippen molar-refractivity contribution < 1.29 is 14.3 Å². The molecule has 0 aromatic heterocycles. The number of rotatable bonds is 5. The molecule has 98 valence electrons. The van der Waals surface area contributed by atoms with Gasteiger partial charge in [0, 0.05) is 4.91 Å². The lowest BCUT2D eigenvalue weighted by Crippen LogP contribution is -2.01. The predicted octanol–water partition coefficient (Wildman–Crippen LogP) is 3.08. The summed E-state index contributed by atoms with van der Waals surface area (Å²) in [6, 6.07) is 7.35. The van der Waals surface area contributed by atoms with Gasteiger partial charge in [-0.25, -0.2) is 4.79 Å². The number of nitrogens with zero attached hydrogens (tertiary/aromatic N) is 3. The van der Waals surface area contributed by atoms with Gasteiger partial charge < -0.3 is 9.47 Å². The standard InChI is InChI=1S/C13H13N3O3/c1-18-11-8-6-10(7-9-11)4-3-5-12(15-16-14)13(17)19-2/h3-9H,1-2H3/b4-3+,12-5-. The fourth-order valence-electron chi connectivity index (χ4n) is 1.26. The molecule has 0 saturated heterocycles. The van der Waals surface area contributed by atoms with Crippen molar-refractivity contribution in [3.8, 4) is 5.75 Å². The Bertz CT molecular complexity index is 541. The number of benzene rings is 1. The van der Waals surface area contributed by atoms with Crippen LogP contribution in [0, 0.1) is 0 Å². The van der Waals surface area contributed by atoms with E-state index in [2.05, 4.69) is 14.8 Å². The molecule has 6 heteroatoms. The van der Waals surface area contributed by atoms with E-state index in [9.17, 15) is 4.79 Å². The number of carbonyl (C=O) groups excluding carboxylic acids is 1. The molecule has 0 unspecified atom stereocenters. The molecule has 0 aliphatic heterocycles. The van der Waals surface area contributed by atoms with Gasteiger partial charge in [-0.05, 0) is 29.3 Å². The van der Waals surface area contributed by atoms with Crippen molar-refractivity contribution in [2.45, 2.75) is 0 Å². The van der Waals surface area contributed by atoms with Gasteiger partial charge in [-0.3, -0.25) is 0 Å². The average Bonchev–Trinajstić information content (AvgIpc) is 2.46. The van der Waals surface area contributed by atoms with Crippen molar-refractivity contribution in [3.63, 3.8) is 0 Å². The SMILES string of the molecule is COC(=O)/C(=C/C=C/c1ccc(OC)cc1)N=[N+]=[N-]. The molecule has 19 heavy (non-hydrogen) atoms. The van der Waals surface area contributed by atoms with Gasteiger partial charge >= 0.3 is 5.97 Å². The third-order valence-electron chi connectivity index (χ3n) is 2.21. The van der Waals surface area contributed by atoms with Crippen molar-refractivity contribution in [2.24, 2.45) is 5.11 Å². The Morgan fingerprint density at radius 2 is 2.00 bits per heavy atom. The van der Waals surface area contributed by atoms with Gasteiger partial charge in [0.05, 0.1) is 14.2 Å². The minimum Gasteiger partial charge on any atom is -0.497 e. The number of hydrogen-bond acceptors (Lipinski definition) is 4. The highest BCUT2D eigenvalue weighted by molar-refractivity contribution is 5.88. The Morgan fingerprint density at radius 1 is 1.32 bits per heavy atom. The van der Waals surface area contributed by atoms with Crippen LogP contribution in [0.5, 0.6) is 5.75 Å². The molecular weight excluding hydrogens is 246 g/mol. The second-order valence-electron chi connectivity index (χ2n) is 3.37. The van der Waals surface area contributed by atoms with Crippen LogP contribution in [0.15, 0.2) is 47.2 Å². The van der Waals surface area contributed by atoms with Crippen molar-refractivity contribution in [1.82, 2.24) is 0 Å².